The van der Waals surface area contributed by atoms with E-state index >= 15 is 0 Å². The number of benzene rings is 2. The van der Waals surface area contributed by atoms with E-state index in [-0.39, 0.29) is 17.1 Å². The van der Waals surface area contributed by atoms with Gasteiger partial charge in [-0.25, -0.2) is 8.78 Å². The lowest BCUT2D eigenvalue weighted by Gasteiger charge is -2.11. The largest absolute Gasteiger partial charge is 0.379 e. The minimum atomic E-state index is -0.481. The quantitative estimate of drug-likeness (QED) is 0.851. The first-order chi connectivity index (χ1) is 9.51. The van der Waals surface area contributed by atoms with Crippen molar-refractivity contribution in [2.24, 2.45) is 0 Å². The molecule has 0 aliphatic rings. The highest BCUT2D eigenvalue weighted by atomic mass is 79.9. The van der Waals surface area contributed by atoms with Gasteiger partial charge in [-0.15, -0.1) is 0 Å². The van der Waals surface area contributed by atoms with Crippen LogP contribution >= 0.6 is 27.5 Å². The van der Waals surface area contributed by atoms with Gasteiger partial charge in [0, 0.05) is 16.6 Å². The molecular weight excluding hydrogens is 350 g/mol. The van der Waals surface area contributed by atoms with Gasteiger partial charge in [0.05, 0.1) is 22.3 Å². The molecule has 2 nitrogen and oxygen atoms in total. The third-order valence-electron chi connectivity index (χ3n) is 2.64. The number of hydrogen-bond donors (Lipinski definition) is 1. The summed E-state index contributed by atoms with van der Waals surface area (Å²) in [6.45, 7) is 0.168. The van der Waals surface area contributed by atoms with Gasteiger partial charge >= 0.3 is 0 Å². The zero-order chi connectivity index (χ0) is 14.7. The Labute approximate surface area is 128 Å². The topological polar surface area (TPSA) is 35.8 Å². The molecule has 6 heteroatoms. The van der Waals surface area contributed by atoms with Crippen molar-refractivity contribution in [1.29, 1.82) is 5.26 Å². The summed E-state index contributed by atoms with van der Waals surface area (Å²) >= 11 is 9.11. The molecule has 102 valence electrons. The van der Waals surface area contributed by atoms with Gasteiger partial charge in [-0.1, -0.05) is 17.7 Å². The first kappa shape index (κ1) is 14.8. The minimum Gasteiger partial charge on any atom is -0.379 e. The maximum Gasteiger partial charge on any atom is 0.129 e. The van der Waals surface area contributed by atoms with Crippen LogP contribution in [0.2, 0.25) is 5.02 Å². The van der Waals surface area contributed by atoms with Crippen LogP contribution < -0.4 is 5.32 Å². The monoisotopic (exact) mass is 356 g/mol. The Kier molecular flexibility index (Phi) is 4.58. The summed E-state index contributed by atoms with van der Waals surface area (Å²) < 4.78 is 27.3. The summed E-state index contributed by atoms with van der Waals surface area (Å²) in [5.41, 5.74) is 1.13. The molecule has 2 aromatic rings. The number of rotatable bonds is 3. The van der Waals surface area contributed by atoms with E-state index in [0.29, 0.717) is 15.7 Å². The lowest BCUT2D eigenvalue weighted by molar-refractivity contribution is 0.612. The van der Waals surface area contributed by atoms with E-state index in [4.69, 9.17) is 16.9 Å². The average molecular weight is 358 g/mol. The second-order valence-corrected chi connectivity index (χ2v) is 5.28. The maximum atomic E-state index is 13.7. The van der Waals surface area contributed by atoms with Gasteiger partial charge in [0.25, 0.3) is 0 Å². The van der Waals surface area contributed by atoms with Gasteiger partial charge in [-0.05, 0) is 40.2 Å². The van der Waals surface area contributed by atoms with Gasteiger partial charge in [-0.3, -0.25) is 0 Å². The number of halogens is 4. The molecule has 0 radical (unpaired) electrons. The van der Waals surface area contributed by atoms with E-state index in [0.717, 1.165) is 0 Å². The second-order valence-electron chi connectivity index (χ2n) is 4.02. The van der Waals surface area contributed by atoms with Crippen LogP contribution in [0.3, 0.4) is 0 Å². The molecule has 0 unspecified atom stereocenters. The van der Waals surface area contributed by atoms with Crippen LogP contribution in [-0.2, 0) is 6.54 Å². The molecule has 2 aromatic carbocycles. The predicted octanol–water partition coefficient (Wildman–Crippen LogP) is 4.86. The second kappa shape index (κ2) is 6.21. The molecule has 0 atom stereocenters. The Hall–Kier alpha value is -1.64. The molecule has 0 heterocycles. The van der Waals surface area contributed by atoms with Crippen molar-refractivity contribution in [3.05, 3.63) is 62.6 Å². The fourth-order valence-electron chi connectivity index (χ4n) is 1.65. The smallest absolute Gasteiger partial charge is 0.129 e. The normalized spacial score (nSPS) is 10.2. The van der Waals surface area contributed by atoms with Gasteiger partial charge in [-0.2, -0.15) is 5.26 Å². The van der Waals surface area contributed by atoms with E-state index < -0.39 is 11.6 Å². The van der Waals surface area contributed by atoms with Crippen molar-refractivity contribution < 1.29 is 8.78 Å². The van der Waals surface area contributed by atoms with Crippen molar-refractivity contribution in [1.82, 2.24) is 0 Å². The molecule has 0 spiro atoms. The maximum absolute atomic E-state index is 13.7. The molecule has 2 rings (SSSR count). The summed E-state index contributed by atoms with van der Waals surface area (Å²) in [5.74, 6) is -0.942. The zero-order valence-electron chi connectivity index (χ0n) is 10.1. The molecule has 0 saturated heterocycles. The molecule has 0 bridgehead atoms. The molecule has 0 fully saturated rings. The Bertz CT molecular complexity index is 675. The summed E-state index contributed by atoms with van der Waals surface area (Å²) in [5, 5.41) is 11.8. The first-order valence-corrected chi connectivity index (χ1v) is 6.75. The fraction of sp³-hybridized carbons (Fsp3) is 0.0714. The summed E-state index contributed by atoms with van der Waals surface area (Å²) in [6, 6.07) is 8.51. The van der Waals surface area contributed by atoms with E-state index in [1.54, 1.807) is 0 Å². The average Bonchev–Trinajstić information content (AvgIpc) is 2.39. The van der Waals surface area contributed by atoms with Crippen LogP contribution in [-0.4, -0.2) is 0 Å². The van der Waals surface area contributed by atoms with Crippen molar-refractivity contribution in [2.75, 3.05) is 5.32 Å². The Morgan fingerprint density at radius 2 is 2.00 bits per heavy atom. The predicted molar refractivity (Wildman–Crippen MR) is 77.6 cm³/mol. The molecule has 20 heavy (non-hydrogen) atoms. The molecule has 0 aromatic heterocycles. The van der Waals surface area contributed by atoms with Crippen LogP contribution in [0.25, 0.3) is 0 Å². The summed E-state index contributed by atoms with van der Waals surface area (Å²) in [4.78, 5) is 0. The molecule has 0 aliphatic carbocycles. The van der Waals surface area contributed by atoms with Crippen molar-refractivity contribution in [3.8, 4) is 6.07 Å². The van der Waals surface area contributed by atoms with Crippen molar-refractivity contribution >= 4 is 33.2 Å². The number of nitrogens with zero attached hydrogens (tertiary/aromatic N) is 1. The first-order valence-electron chi connectivity index (χ1n) is 5.58. The van der Waals surface area contributed by atoms with E-state index in [9.17, 15) is 8.78 Å². The van der Waals surface area contributed by atoms with Gasteiger partial charge in [0.15, 0.2) is 0 Å². The van der Waals surface area contributed by atoms with Crippen LogP contribution in [0, 0.1) is 23.0 Å². The molecular formula is C14H8BrClF2N2. The standard InChI is InChI=1S/C14H8BrClF2N2/c15-11-4-10(17)5-12(16)14(11)20-7-9-2-1-8(6-19)3-13(9)18/h1-5,20H,7H2. The number of anilines is 1. The molecule has 0 saturated carbocycles. The number of hydrogen-bond acceptors (Lipinski definition) is 2. The van der Waals surface area contributed by atoms with Gasteiger partial charge in [0.2, 0.25) is 0 Å². The third-order valence-corrected chi connectivity index (χ3v) is 3.57. The highest BCUT2D eigenvalue weighted by Crippen LogP contribution is 2.32. The molecule has 1 N–H and O–H groups in total. The van der Waals surface area contributed by atoms with Crippen molar-refractivity contribution in [2.45, 2.75) is 6.54 Å². The van der Waals surface area contributed by atoms with Crippen LogP contribution in [0.4, 0.5) is 14.5 Å². The Morgan fingerprint density at radius 1 is 1.25 bits per heavy atom. The summed E-state index contributed by atoms with van der Waals surface area (Å²) in [6.07, 6.45) is 0. The molecule has 0 aliphatic heterocycles. The van der Waals surface area contributed by atoms with Crippen molar-refractivity contribution in [3.63, 3.8) is 0 Å². The highest BCUT2D eigenvalue weighted by molar-refractivity contribution is 9.10. The fourth-order valence-corrected chi connectivity index (χ4v) is 2.61. The van der Waals surface area contributed by atoms with Crippen LogP contribution in [0.15, 0.2) is 34.8 Å². The van der Waals surface area contributed by atoms with Crippen LogP contribution in [0.1, 0.15) is 11.1 Å². The van der Waals surface area contributed by atoms with E-state index in [1.165, 1.54) is 30.3 Å². The van der Waals surface area contributed by atoms with E-state index in [1.807, 2.05) is 6.07 Å². The Morgan fingerprint density at radius 3 is 2.60 bits per heavy atom. The lowest BCUT2D eigenvalue weighted by atomic mass is 10.1. The zero-order valence-corrected chi connectivity index (χ0v) is 12.4. The van der Waals surface area contributed by atoms with Crippen LogP contribution in [0.5, 0.6) is 0 Å². The molecule has 0 amide bonds. The highest BCUT2D eigenvalue weighted by Gasteiger charge is 2.09. The van der Waals surface area contributed by atoms with Gasteiger partial charge < -0.3 is 5.32 Å². The van der Waals surface area contributed by atoms with Gasteiger partial charge in [0.1, 0.15) is 11.6 Å². The Balaban J connectivity index is 2.20. The van der Waals surface area contributed by atoms with E-state index in [2.05, 4.69) is 21.2 Å². The number of nitrogens with one attached hydrogen (secondary N) is 1. The SMILES string of the molecule is N#Cc1ccc(CNc2c(Cl)cc(F)cc2Br)c(F)c1. The minimum absolute atomic E-state index is 0.168. The summed E-state index contributed by atoms with van der Waals surface area (Å²) in [7, 11) is 0. The lowest BCUT2D eigenvalue weighted by Crippen LogP contribution is -2.03. The third kappa shape index (κ3) is 3.27. The number of nitriles is 1.